The Balaban J connectivity index is 2.01. The van der Waals surface area contributed by atoms with Crippen molar-refractivity contribution in [3.05, 3.63) is 35.0 Å². The number of amides is 1. The van der Waals surface area contributed by atoms with E-state index >= 15 is 0 Å². The Labute approximate surface area is 129 Å². The predicted octanol–water partition coefficient (Wildman–Crippen LogP) is 2.50. The van der Waals surface area contributed by atoms with Gasteiger partial charge in [0.25, 0.3) is 0 Å². The van der Waals surface area contributed by atoms with Gasteiger partial charge in [0.15, 0.2) is 0 Å². The molecule has 0 aliphatic carbocycles. The first-order valence-corrected chi connectivity index (χ1v) is 7.52. The van der Waals surface area contributed by atoms with Gasteiger partial charge in [-0.2, -0.15) is 0 Å². The van der Waals surface area contributed by atoms with Crippen LogP contribution in [0.15, 0.2) is 18.2 Å². The van der Waals surface area contributed by atoms with Crippen molar-refractivity contribution in [2.45, 2.75) is 26.8 Å². The molecule has 1 N–H and O–H groups in total. The van der Waals surface area contributed by atoms with E-state index < -0.39 is 0 Å². The lowest BCUT2D eigenvalue weighted by atomic mass is 10.0. The molecule has 0 bridgehead atoms. The zero-order valence-corrected chi connectivity index (χ0v) is 13.1. The van der Waals surface area contributed by atoms with E-state index in [4.69, 9.17) is 4.74 Å². The molecule has 0 atom stereocenters. The number of hydrogen-bond acceptors (Lipinski definition) is 3. The second kappa shape index (κ2) is 5.48. The predicted molar refractivity (Wildman–Crippen MR) is 83.6 cm³/mol. The number of methoxy groups -OCH3 is 1. The third kappa shape index (κ3) is 2.36. The van der Waals surface area contributed by atoms with E-state index in [1.807, 2.05) is 30.9 Å². The second-order valence-corrected chi connectivity index (χ2v) is 6.00. The van der Waals surface area contributed by atoms with Crippen LogP contribution < -0.4 is 0 Å². The summed E-state index contributed by atoms with van der Waals surface area (Å²) in [5, 5.41) is 0.999. The van der Waals surface area contributed by atoms with Crippen molar-refractivity contribution in [2.75, 3.05) is 13.7 Å². The molecule has 1 aliphatic rings. The van der Waals surface area contributed by atoms with Crippen LogP contribution in [0.4, 0.5) is 0 Å². The van der Waals surface area contributed by atoms with E-state index in [0.29, 0.717) is 12.1 Å². The highest BCUT2D eigenvalue weighted by Gasteiger charge is 2.25. The minimum Gasteiger partial charge on any atom is -0.465 e. The van der Waals surface area contributed by atoms with Crippen molar-refractivity contribution in [3.63, 3.8) is 0 Å². The molecule has 0 saturated carbocycles. The molecule has 1 aromatic carbocycles. The van der Waals surface area contributed by atoms with Crippen molar-refractivity contribution in [1.29, 1.82) is 0 Å². The van der Waals surface area contributed by atoms with Crippen LogP contribution in [0.25, 0.3) is 10.9 Å². The fraction of sp³-hybridized carbons (Fsp3) is 0.412. The number of ether oxygens (including phenoxy) is 1. The standard InChI is InChI=1S/C17H20N2O3/c1-10(2)16(20)19-7-6-15-13(9-19)12-8-11(17(21)22-3)4-5-14(12)18-15/h4-5,8,10,18H,6-7,9H2,1-3H3. The van der Waals surface area contributed by atoms with E-state index in [9.17, 15) is 9.59 Å². The van der Waals surface area contributed by atoms with E-state index in [2.05, 4.69) is 4.98 Å². The van der Waals surface area contributed by atoms with Gasteiger partial charge >= 0.3 is 5.97 Å². The van der Waals surface area contributed by atoms with Crippen LogP contribution in [0.5, 0.6) is 0 Å². The van der Waals surface area contributed by atoms with Crippen molar-refractivity contribution in [3.8, 4) is 0 Å². The number of aromatic nitrogens is 1. The summed E-state index contributed by atoms with van der Waals surface area (Å²) in [6, 6.07) is 5.50. The van der Waals surface area contributed by atoms with Crippen molar-refractivity contribution >= 4 is 22.8 Å². The summed E-state index contributed by atoms with van der Waals surface area (Å²) in [6.45, 7) is 5.17. The first-order valence-electron chi connectivity index (χ1n) is 7.52. The largest absolute Gasteiger partial charge is 0.465 e. The maximum Gasteiger partial charge on any atom is 0.337 e. The van der Waals surface area contributed by atoms with Gasteiger partial charge in [-0.1, -0.05) is 13.8 Å². The molecule has 2 heterocycles. The molecule has 22 heavy (non-hydrogen) atoms. The molecule has 0 unspecified atom stereocenters. The average Bonchev–Trinajstić information content (AvgIpc) is 2.90. The molecule has 116 valence electrons. The number of esters is 1. The van der Waals surface area contributed by atoms with Gasteiger partial charge in [0.05, 0.1) is 12.7 Å². The number of nitrogens with zero attached hydrogens (tertiary/aromatic N) is 1. The Bertz CT molecular complexity index is 746. The Morgan fingerprint density at radius 3 is 2.77 bits per heavy atom. The molecule has 1 aliphatic heterocycles. The molecule has 0 radical (unpaired) electrons. The van der Waals surface area contributed by atoms with E-state index in [1.165, 1.54) is 7.11 Å². The van der Waals surface area contributed by atoms with Gasteiger partial charge in [0.2, 0.25) is 5.91 Å². The number of carbonyl (C=O) groups is 2. The zero-order valence-electron chi connectivity index (χ0n) is 13.1. The minimum absolute atomic E-state index is 0.00242. The van der Waals surface area contributed by atoms with Crippen LogP contribution in [-0.4, -0.2) is 35.4 Å². The lowest BCUT2D eigenvalue weighted by molar-refractivity contribution is -0.135. The maximum absolute atomic E-state index is 12.2. The summed E-state index contributed by atoms with van der Waals surface area (Å²) >= 11 is 0. The van der Waals surface area contributed by atoms with Crippen LogP contribution in [0.1, 0.15) is 35.5 Å². The van der Waals surface area contributed by atoms with Gasteiger partial charge in [-0.3, -0.25) is 4.79 Å². The number of fused-ring (bicyclic) bond motifs is 3. The summed E-state index contributed by atoms with van der Waals surface area (Å²) in [5.41, 5.74) is 3.80. The first kappa shape index (κ1) is 14.6. The van der Waals surface area contributed by atoms with Crippen LogP contribution in [-0.2, 0) is 22.5 Å². The van der Waals surface area contributed by atoms with Gasteiger partial charge in [-0.05, 0) is 18.2 Å². The third-order valence-corrected chi connectivity index (χ3v) is 4.20. The summed E-state index contributed by atoms with van der Waals surface area (Å²) in [4.78, 5) is 29.2. The number of rotatable bonds is 2. The summed E-state index contributed by atoms with van der Waals surface area (Å²) in [5.74, 6) is -0.177. The number of H-pyrrole nitrogens is 1. The van der Waals surface area contributed by atoms with Crippen molar-refractivity contribution in [1.82, 2.24) is 9.88 Å². The third-order valence-electron chi connectivity index (χ3n) is 4.20. The molecule has 1 aromatic heterocycles. The highest BCUT2D eigenvalue weighted by molar-refractivity contribution is 5.96. The van der Waals surface area contributed by atoms with Gasteiger partial charge in [0.1, 0.15) is 0 Å². The molecule has 5 nitrogen and oxygen atoms in total. The smallest absolute Gasteiger partial charge is 0.337 e. The molecule has 1 amide bonds. The fourth-order valence-corrected chi connectivity index (χ4v) is 3.01. The zero-order chi connectivity index (χ0) is 15.9. The molecule has 0 fully saturated rings. The summed E-state index contributed by atoms with van der Waals surface area (Å²) < 4.78 is 4.78. The fourth-order valence-electron chi connectivity index (χ4n) is 3.01. The number of hydrogen-bond donors (Lipinski definition) is 1. The first-order chi connectivity index (χ1) is 10.5. The number of nitrogens with one attached hydrogen (secondary N) is 1. The molecule has 0 spiro atoms. The summed E-state index contributed by atoms with van der Waals surface area (Å²) in [6.07, 6.45) is 0.816. The molecule has 2 aromatic rings. The SMILES string of the molecule is COC(=O)c1ccc2[nH]c3c(c2c1)CN(C(=O)C(C)C)CC3. The number of benzene rings is 1. The van der Waals surface area contributed by atoms with E-state index in [1.54, 1.807) is 6.07 Å². The number of carbonyl (C=O) groups excluding carboxylic acids is 2. The van der Waals surface area contributed by atoms with Crippen molar-refractivity contribution in [2.24, 2.45) is 5.92 Å². The highest BCUT2D eigenvalue weighted by Crippen LogP contribution is 2.29. The van der Waals surface area contributed by atoms with Gasteiger partial charge in [-0.25, -0.2) is 4.79 Å². The quantitative estimate of drug-likeness (QED) is 0.867. The minimum atomic E-state index is -0.345. The maximum atomic E-state index is 12.2. The molecular weight excluding hydrogens is 280 g/mol. The van der Waals surface area contributed by atoms with Crippen LogP contribution in [0.3, 0.4) is 0 Å². The highest BCUT2D eigenvalue weighted by atomic mass is 16.5. The van der Waals surface area contributed by atoms with Gasteiger partial charge in [-0.15, -0.1) is 0 Å². The Kier molecular flexibility index (Phi) is 3.64. The molecule has 0 saturated heterocycles. The molecule has 5 heteroatoms. The Hall–Kier alpha value is -2.30. The van der Waals surface area contributed by atoms with E-state index in [0.717, 1.165) is 35.1 Å². The van der Waals surface area contributed by atoms with E-state index in [-0.39, 0.29) is 17.8 Å². The summed E-state index contributed by atoms with van der Waals surface area (Å²) in [7, 11) is 1.38. The molecule has 3 rings (SSSR count). The van der Waals surface area contributed by atoms with Crippen LogP contribution in [0, 0.1) is 5.92 Å². The average molecular weight is 300 g/mol. The lowest BCUT2D eigenvalue weighted by Gasteiger charge is -2.28. The van der Waals surface area contributed by atoms with Gasteiger partial charge < -0.3 is 14.6 Å². The second-order valence-electron chi connectivity index (χ2n) is 6.00. The van der Waals surface area contributed by atoms with Crippen LogP contribution in [0.2, 0.25) is 0 Å². The van der Waals surface area contributed by atoms with Crippen LogP contribution >= 0.6 is 0 Å². The van der Waals surface area contributed by atoms with Gasteiger partial charge in [0, 0.05) is 47.6 Å². The number of aromatic amines is 1. The normalized spacial score (nSPS) is 14.3. The Morgan fingerprint density at radius 1 is 1.32 bits per heavy atom. The Morgan fingerprint density at radius 2 is 2.09 bits per heavy atom. The topological polar surface area (TPSA) is 62.4 Å². The monoisotopic (exact) mass is 300 g/mol. The lowest BCUT2D eigenvalue weighted by Crippen LogP contribution is -2.38. The van der Waals surface area contributed by atoms with Crippen molar-refractivity contribution < 1.29 is 14.3 Å². The molecular formula is C17H20N2O3.